The minimum atomic E-state index is -0.547. The molecule has 1 aromatic carbocycles. The molecule has 0 aliphatic carbocycles. The topological polar surface area (TPSA) is 62.3 Å². The SMILES string of the molecule is O=C(Nc1ccccn1)[C@@H]1CCCN1C(=O)c1cc(Cl)ccc1Cl. The normalized spacial score (nSPS) is 16.9. The number of pyridine rings is 1. The summed E-state index contributed by atoms with van der Waals surface area (Å²) in [4.78, 5) is 30.9. The Hall–Kier alpha value is -2.11. The number of halogens is 2. The van der Waals surface area contributed by atoms with Crippen molar-refractivity contribution >= 4 is 40.8 Å². The fraction of sp³-hybridized carbons (Fsp3) is 0.235. The molecule has 3 rings (SSSR count). The average molecular weight is 364 g/mol. The smallest absolute Gasteiger partial charge is 0.256 e. The number of anilines is 1. The van der Waals surface area contributed by atoms with Crippen LogP contribution in [0.2, 0.25) is 10.0 Å². The van der Waals surface area contributed by atoms with E-state index in [1.165, 1.54) is 11.0 Å². The van der Waals surface area contributed by atoms with Crippen molar-refractivity contribution in [1.82, 2.24) is 9.88 Å². The van der Waals surface area contributed by atoms with Crippen LogP contribution in [-0.4, -0.2) is 34.3 Å². The Labute approximate surface area is 149 Å². The summed E-state index contributed by atoms with van der Waals surface area (Å²) in [5, 5.41) is 3.49. The highest BCUT2D eigenvalue weighted by atomic mass is 35.5. The molecular weight excluding hydrogens is 349 g/mol. The molecule has 1 saturated heterocycles. The zero-order valence-corrected chi connectivity index (χ0v) is 14.2. The fourth-order valence-electron chi connectivity index (χ4n) is 2.74. The van der Waals surface area contributed by atoms with Crippen molar-refractivity contribution in [2.45, 2.75) is 18.9 Å². The Morgan fingerprint density at radius 1 is 1.21 bits per heavy atom. The molecule has 1 N–H and O–H groups in total. The number of aromatic nitrogens is 1. The number of carbonyl (C=O) groups excluding carboxylic acids is 2. The third-order valence-electron chi connectivity index (χ3n) is 3.89. The number of nitrogens with zero attached hydrogens (tertiary/aromatic N) is 2. The van der Waals surface area contributed by atoms with E-state index in [4.69, 9.17) is 23.2 Å². The van der Waals surface area contributed by atoms with Gasteiger partial charge >= 0.3 is 0 Å². The van der Waals surface area contributed by atoms with E-state index in [-0.39, 0.29) is 11.8 Å². The van der Waals surface area contributed by atoms with Gasteiger partial charge in [-0.15, -0.1) is 0 Å². The minimum absolute atomic E-state index is 0.252. The van der Waals surface area contributed by atoms with Crippen LogP contribution in [0.25, 0.3) is 0 Å². The number of rotatable bonds is 3. The van der Waals surface area contributed by atoms with Crippen molar-refractivity contribution in [2.75, 3.05) is 11.9 Å². The lowest BCUT2D eigenvalue weighted by atomic mass is 10.1. The Bertz CT molecular complexity index is 768. The van der Waals surface area contributed by atoms with Gasteiger partial charge in [0.1, 0.15) is 11.9 Å². The summed E-state index contributed by atoms with van der Waals surface area (Å²) in [5.41, 5.74) is 0.307. The Morgan fingerprint density at radius 3 is 2.79 bits per heavy atom. The maximum atomic E-state index is 12.8. The van der Waals surface area contributed by atoms with Gasteiger partial charge in [0.2, 0.25) is 5.91 Å². The van der Waals surface area contributed by atoms with Gasteiger partial charge in [-0.2, -0.15) is 0 Å². The van der Waals surface area contributed by atoms with Gasteiger partial charge in [-0.3, -0.25) is 9.59 Å². The van der Waals surface area contributed by atoms with Crippen molar-refractivity contribution in [1.29, 1.82) is 0 Å². The predicted octanol–water partition coefficient (Wildman–Crippen LogP) is 3.63. The lowest BCUT2D eigenvalue weighted by Crippen LogP contribution is -2.43. The van der Waals surface area contributed by atoms with Gasteiger partial charge in [0.15, 0.2) is 0 Å². The number of amides is 2. The third kappa shape index (κ3) is 3.52. The van der Waals surface area contributed by atoms with Gasteiger partial charge in [-0.05, 0) is 43.2 Å². The van der Waals surface area contributed by atoms with E-state index in [0.29, 0.717) is 34.4 Å². The van der Waals surface area contributed by atoms with Crippen LogP contribution < -0.4 is 5.32 Å². The van der Waals surface area contributed by atoms with Crippen LogP contribution >= 0.6 is 23.2 Å². The summed E-state index contributed by atoms with van der Waals surface area (Å²) < 4.78 is 0. The van der Waals surface area contributed by atoms with Crippen LogP contribution in [0.1, 0.15) is 23.2 Å². The number of likely N-dealkylation sites (tertiary alicyclic amines) is 1. The third-order valence-corrected chi connectivity index (χ3v) is 4.46. The highest BCUT2D eigenvalue weighted by Gasteiger charge is 2.35. The second kappa shape index (κ2) is 7.20. The van der Waals surface area contributed by atoms with E-state index >= 15 is 0 Å². The Morgan fingerprint density at radius 2 is 2.04 bits per heavy atom. The second-order valence-corrected chi connectivity index (χ2v) is 6.33. The standard InChI is InChI=1S/C17H15Cl2N3O2/c18-11-6-7-13(19)12(10-11)17(24)22-9-3-4-14(22)16(23)21-15-5-1-2-8-20-15/h1-2,5-8,10,14H,3-4,9H2,(H,20,21,23)/t14-/m0/s1. The monoisotopic (exact) mass is 363 g/mol. The first-order valence-corrected chi connectivity index (χ1v) is 8.30. The number of hydrogen-bond acceptors (Lipinski definition) is 3. The van der Waals surface area contributed by atoms with Crippen molar-refractivity contribution < 1.29 is 9.59 Å². The molecule has 1 aliphatic rings. The molecule has 2 amide bonds. The van der Waals surface area contributed by atoms with E-state index in [1.807, 2.05) is 0 Å². The van der Waals surface area contributed by atoms with Crippen molar-refractivity contribution in [3.05, 3.63) is 58.2 Å². The second-order valence-electron chi connectivity index (χ2n) is 5.48. The molecule has 0 bridgehead atoms. The highest BCUT2D eigenvalue weighted by molar-refractivity contribution is 6.35. The summed E-state index contributed by atoms with van der Waals surface area (Å²) in [6, 6.07) is 9.43. The molecule has 2 heterocycles. The van der Waals surface area contributed by atoms with Crippen LogP contribution in [0.3, 0.4) is 0 Å². The molecule has 0 unspecified atom stereocenters. The first kappa shape index (κ1) is 16.7. The Kier molecular flexibility index (Phi) is 5.02. The molecule has 0 saturated carbocycles. The summed E-state index contributed by atoms with van der Waals surface area (Å²) in [5.74, 6) is -0.0820. The van der Waals surface area contributed by atoms with E-state index in [0.717, 1.165) is 6.42 Å². The van der Waals surface area contributed by atoms with Gasteiger partial charge in [0, 0.05) is 17.8 Å². The summed E-state index contributed by atoms with van der Waals surface area (Å²) >= 11 is 12.1. The van der Waals surface area contributed by atoms with Crippen LogP contribution in [-0.2, 0) is 4.79 Å². The van der Waals surface area contributed by atoms with Gasteiger partial charge in [0.05, 0.1) is 10.6 Å². The van der Waals surface area contributed by atoms with Crippen molar-refractivity contribution in [3.8, 4) is 0 Å². The van der Waals surface area contributed by atoms with Gasteiger partial charge in [-0.1, -0.05) is 29.3 Å². The van der Waals surface area contributed by atoms with Crippen LogP contribution in [0.4, 0.5) is 5.82 Å². The van der Waals surface area contributed by atoms with Crippen molar-refractivity contribution in [3.63, 3.8) is 0 Å². The molecule has 124 valence electrons. The lowest BCUT2D eigenvalue weighted by molar-refractivity contribution is -0.119. The molecule has 1 atom stereocenters. The average Bonchev–Trinajstić information content (AvgIpc) is 3.07. The molecular formula is C17H15Cl2N3O2. The van der Waals surface area contributed by atoms with Gasteiger partial charge < -0.3 is 10.2 Å². The first-order valence-electron chi connectivity index (χ1n) is 7.54. The zero-order chi connectivity index (χ0) is 17.1. The first-order chi connectivity index (χ1) is 11.6. The van der Waals surface area contributed by atoms with Gasteiger partial charge in [-0.25, -0.2) is 4.98 Å². The molecule has 24 heavy (non-hydrogen) atoms. The van der Waals surface area contributed by atoms with E-state index in [2.05, 4.69) is 10.3 Å². The molecule has 7 heteroatoms. The molecule has 1 aromatic heterocycles. The zero-order valence-electron chi connectivity index (χ0n) is 12.7. The van der Waals surface area contributed by atoms with E-state index in [1.54, 1.807) is 36.5 Å². The maximum absolute atomic E-state index is 12.8. The predicted molar refractivity (Wildman–Crippen MR) is 93.4 cm³/mol. The van der Waals surface area contributed by atoms with Crippen LogP contribution in [0, 0.1) is 0 Å². The Balaban J connectivity index is 1.78. The van der Waals surface area contributed by atoms with Crippen molar-refractivity contribution in [2.24, 2.45) is 0 Å². The van der Waals surface area contributed by atoms with Crippen LogP contribution in [0.5, 0.6) is 0 Å². The minimum Gasteiger partial charge on any atom is -0.327 e. The molecule has 2 aromatic rings. The summed E-state index contributed by atoms with van der Waals surface area (Å²) in [6.07, 6.45) is 2.95. The summed E-state index contributed by atoms with van der Waals surface area (Å²) in [7, 11) is 0. The fourth-order valence-corrected chi connectivity index (χ4v) is 3.12. The van der Waals surface area contributed by atoms with Gasteiger partial charge in [0.25, 0.3) is 5.91 Å². The summed E-state index contributed by atoms with van der Waals surface area (Å²) in [6.45, 7) is 0.502. The number of nitrogens with one attached hydrogen (secondary N) is 1. The molecule has 0 radical (unpaired) electrons. The molecule has 0 spiro atoms. The quantitative estimate of drug-likeness (QED) is 0.905. The van der Waals surface area contributed by atoms with Crippen LogP contribution in [0.15, 0.2) is 42.6 Å². The number of benzene rings is 1. The maximum Gasteiger partial charge on any atom is 0.256 e. The molecule has 1 aliphatic heterocycles. The number of carbonyl (C=O) groups is 2. The van der Waals surface area contributed by atoms with E-state index < -0.39 is 6.04 Å². The molecule has 5 nitrogen and oxygen atoms in total. The number of hydrogen-bond donors (Lipinski definition) is 1. The van der Waals surface area contributed by atoms with E-state index in [9.17, 15) is 9.59 Å². The highest BCUT2D eigenvalue weighted by Crippen LogP contribution is 2.26. The lowest BCUT2D eigenvalue weighted by Gasteiger charge is -2.24. The largest absolute Gasteiger partial charge is 0.327 e. The molecule has 1 fully saturated rings.